The highest BCUT2D eigenvalue weighted by atomic mass is 32.2. The molecule has 32 heavy (non-hydrogen) atoms. The number of anilines is 1. The Labute approximate surface area is 186 Å². The molecule has 2 aromatic rings. The molecule has 2 aliphatic heterocycles. The van der Waals surface area contributed by atoms with E-state index in [0.29, 0.717) is 23.4 Å². The normalized spacial score (nSPS) is 19.1. The minimum Gasteiger partial charge on any atom is -0.478 e. The Morgan fingerprint density at radius 1 is 1.12 bits per heavy atom. The number of carbonyl (C=O) groups is 2. The number of sulfonamides is 1. The minimum atomic E-state index is -3.80. The number of benzene rings is 2. The zero-order valence-electron chi connectivity index (χ0n) is 17.6. The second-order valence-electron chi connectivity index (χ2n) is 7.75. The van der Waals surface area contributed by atoms with Gasteiger partial charge in [-0.1, -0.05) is 19.1 Å². The van der Waals surface area contributed by atoms with Crippen molar-refractivity contribution in [1.82, 2.24) is 9.21 Å². The molecule has 2 aromatic carbocycles. The number of piperazine rings is 1. The fourth-order valence-electron chi connectivity index (χ4n) is 3.77. The molecular weight excluding hydrogens is 437 g/mol. The molecule has 0 saturated carbocycles. The summed E-state index contributed by atoms with van der Waals surface area (Å²) in [6.45, 7) is 2.69. The summed E-state index contributed by atoms with van der Waals surface area (Å²) in [4.78, 5) is 26.2. The van der Waals surface area contributed by atoms with E-state index in [1.165, 1.54) is 28.6 Å². The van der Waals surface area contributed by atoms with Crippen molar-refractivity contribution in [2.45, 2.75) is 30.8 Å². The molecule has 1 atom stereocenters. The summed E-state index contributed by atoms with van der Waals surface area (Å²) in [5, 5.41) is 2.70. The van der Waals surface area contributed by atoms with Gasteiger partial charge in [0.2, 0.25) is 15.9 Å². The van der Waals surface area contributed by atoms with Crippen molar-refractivity contribution < 1.29 is 27.1 Å². The number of rotatable bonds is 5. The second kappa shape index (κ2) is 8.87. The average Bonchev–Trinajstić information content (AvgIpc) is 2.79. The van der Waals surface area contributed by atoms with E-state index in [-0.39, 0.29) is 55.1 Å². The fourth-order valence-corrected chi connectivity index (χ4v) is 5.22. The lowest BCUT2D eigenvalue weighted by Gasteiger charge is -2.34. The van der Waals surface area contributed by atoms with Crippen molar-refractivity contribution in [1.29, 1.82) is 0 Å². The van der Waals surface area contributed by atoms with Crippen molar-refractivity contribution in [2.75, 3.05) is 31.5 Å². The fraction of sp³-hybridized carbons (Fsp3) is 0.364. The average molecular weight is 462 g/mol. The number of nitrogens with zero attached hydrogens (tertiary/aromatic N) is 2. The molecule has 170 valence electrons. The molecule has 2 aliphatic rings. The third-order valence-electron chi connectivity index (χ3n) is 5.64. The lowest BCUT2D eigenvalue weighted by Crippen LogP contribution is -2.50. The second-order valence-corrected chi connectivity index (χ2v) is 9.69. The van der Waals surface area contributed by atoms with Crippen LogP contribution in [0.1, 0.15) is 18.9 Å². The van der Waals surface area contributed by atoms with Gasteiger partial charge >= 0.3 is 0 Å². The molecule has 0 bridgehead atoms. The largest absolute Gasteiger partial charge is 0.478 e. The van der Waals surface area contributed by atoms with E-state index < -0.39 is 16.1 Å². The first-order valence-electron chi connectivity index (χ1n) is 10.4. The van der Waals surface area contributed by atoms with Crippen LogP contribution in [0.5, 0.6) is 5.75 Å². The van der Waals surface area contributed by atoms with E-state index >= 15 is 0 Å². The van der Waals surface area contributed by atoms with Gasteiger partial charge in [0.05, 0.1) is 17.0 Å². The van der Waals surface area contributed by atoms with Crippen molar-refractivity contribution in [3.05, 3.63) is 53.8 Å². The van der Waals surface area contributed by atoms with Gasteiger partial charge in [-0.25, -0.2) is 12.8 Å². The number of ether oxygens (including phenoxy) is 1. The molecule has 0 spiro atoms. The Hall–Kier alpha value is -2.98. The molecular formula is C22H24FN3O5S. The minimum absolute atomic E-state index is 0.0567. The molecule has 1 unspecified atom stereocenters. The number of halogens is 1. The van der Waals surface area contributed by atoms with Crippen LogP contribution in [-0.2, 0) is 26.0 Å². The molecule has 4 rings (SSSR count). The van der Waals surface area contributed by atoms with Gasteiger partial charge in [0.15, 0.2) is 6.10 Å². The molecule has 2 amide bonds. The van der Waals surface area contributed by atoms with Gasteiger partial charge < -0.3 is 15.0 Å². The Bertz CT molecular complexity index is 1130. The summed E-state index contributed by atoms with van der Waals surface area (Å²) >= 11 is 0. The number of hydrogen-bond donors (Lipinski definition) is 1. The number of hydrogen-bond acceptors (Lipinski definition) is 5. The first-order valence-corrected chi connectivity index (χ1v) is 11.9. The van der Waals surface area contributed by atoms with Crippen LogP contribution >= 0.6 is 0 Å². The third kappa shape index (κ3) is 4.46. The highest BCUT2D eigenvalue weighted by molar-refractivity contribution is 7.89. The van der Waals surface area contributed by atoms with Gasteiger partial charge in [-0.15, -0.1) is 0 Å². The van der Waals surface area contributed by atoms with Crippen molar-refractivity contribution in [2.24, 2.45) is 0 Å². The number of nitrogens with one attached hydrogen (secondary N) is 1. The maximum Gasteiger partial charge on any atom is 0.265 e. The Balaban J connectivity index is 1.41. The van der Waals surface area contributed by atoms with E-state index in [0.717, 1.165) is 0 Å². The van der Waals surface area contributed by atoms with Gasteiger partial charge in [0, 0.05) is 26.2 Å². The van der Waals surface area contributed by atoms with E-state index in [2.05, 4.69) is 5.32 Å². The molecule has 0 radical (unpaired) electrons. The van der Waals surface area contributed by atoms with Gasteiger partial charge in [-0.05, 0) is 42.3 Å². The maximum atomic E-state index is 13.1. The predicted octanol–water partition coefficient (Wildman–Crippen LogP) is 2.01. The lowest BCUT2D eigenvalue weighted by atomic mass is 10.1. The van der Waals surface area contributed by atoms with E-state index in [9.17, 15) is 22.4 Å². The molecule has 1 N–H and O–H groups in total. The monoisotopic (exact) mass is 461 g/mol. The third-order valence-corrected chi connectivity index (χ3v) is 7.53. The summed E-state index contributed by atoms with van der Waals surface area (Å²) in [7, 11) is -3.80. The number of fused-ring (bicyclic) bond motifs is 1. The Morgan fingerprint density at radius 2 is 1.81 bits per heavy atom. The van der Waals surface area contributed by atoms with E-state index in [1.807, 2.05) is 6.92 Å². The summed E-state index contributed by atoms with van der Waals surface area (Å²) < 4.78 is 46.2. The van der Waals surface area contributed by atoms with Crippen molar-refractivity contribution in [3.8, 4) is 5.75 Å². The zero-order chi connectivity index (χ0) is 22.9. The lowest BCUT2D eigenvalue weighted by molar-refractivity contribution is -0.131. The predicted molar refractivity (Wildman–Crippen MR) is 115 cm³/mol. The number of carbonyl (C=O) groups excluding carboxylic acids is 2. The molecule has 8 nitrogen and oxygen atoms in total. The molecule has 0 aliphatic carbocycles. The van der Waals surface area contributed by atoms with Gasteiger partial charge in [0.1, 0.15) is 11.6 Å². The maximum absolute atomic E-state index is 13.1. The summed E-state index contributed by atoms with van der Waals surface area (Å²) in [5.74, 6) is -0.360. The van der Waals surface area contributed by atoms with Crippen molar-refractivity contribution in [3.63, 3.8) is 0 Å². The summed E-state index contributed by atoms with van der Waals surface area (Å²) in [6, 6.07) is 10.2. The molecule has 1 fully saturated rings. The highest BCUT2D eigenvalue weighted by Gasteiger charge is 2.32. The highest BCUT2D eigenvalue weighted by Crippen LogP contribution is 2.33. The molecule has 10 heteroatoms. The van der Waals surface area contributed by atoms with Crippen LogP contribution in [0.3, 0.4) is 0 Å². The van der Waals surface area contributed by atoms with Crippen LogP contribution in [0, 0.1) is 5.82 Å². The summed E-state index contributed by atoms with van der Waals surface area (Å²) in [6.07, 6.45) is 0.0525. The summed E-state index contributed by atoms with van der Waals surface area (Å²) in [5.41, 5.74) is 1.03. The van der Waals surface area contributed by atoms with Crippen LogP contribution in [0.4, 0.5) is 10.1 Å². The smallest absolute Gasteiger partial charge is 0.265 e. The topological polar surface area (TPSA) is 96.0 Å². The quantitative estimate of drug-likeness (QED) is 0.735. The SMILES string of the molecule is CCC1Oc2ccc(S(=O)(=O)N3CCN(C(=O)Cc4ccc(F)cc4)CC3)cc2NC1=O. The van der Waals surface area contributed by atoms with Gasteiger partial charge in [-0.3, -0.25) is 9.59 Å². The first kappa shape index (κ1) is 22.2. The van der Waals surface area contributed by atoms with E-state index in [1.54, 1.807) is 23.1 Å². The van der Waals surface area contributed by atoms with Crippen LogP contribution < -0.4 is 10.1 Å². The van der Waals surface area contributed by atoms with Crippen LogP contribution in [-0.4, -0.2) is 61.7 Å². The Morgan fingerprint density at radius 3 is 2.47 bits per heavy atom. The molecule has 2 heterocycles. The molecule has 0 aromatic heterocycles. The standard InChI is InChI=1S/C22H24FN3O5S/c1-2-19-22(28)24-18-14-17(7-8-20(18)31-19)32(29,30)26-11-9-25(10-12-26)21(27)13-15-3-5-16(23)6-4-15/h3-8,14,19H,2,9-13H2,1H3,(H,24,28). The first-order chi connectivity index (χ1) is 15.3. The molecule has 1 saturated heterocycles. The van der Waals surface area contributed by atoms with Crippen LogP contribution in [0.15, 0.2) is 47.4 Å². The van der Waals surface area contributed by atoms with Gasteiger partial charge in [-0.2, -0.15) is 4.31 Å². The van der Waals surface area contributed by atoms with E-state index in [4.69, 9.17) is 4.74 Å². The van der Waals surface area contributed by atoms with Crippen LogP contribution in [0.25, 0.3) is 0 Å². The van der Waals surface area contributed by atoms with Crippen LogP contribution in [0.2, 0.25) is 0 Å². The zero-order valence-corrected chi connectivity index (χ0v) is 18.4. The van der Waals surface area contributed by atoms with Crippen molar-refractivity contribution >= 4 is 27.5 Å². The Kier molecular flexibility index (Phi) is 6.16. The van der Waals surface area contributed by atoms with Gasteiger partial charge in [0.25, 0.3) is 5.91 Å². The number of amides is 2.